The van der Waals surface area contributed by atoms with Gasteiger partial charge in [0.05, 0.1) is 12.1 Å². The second kappa shape index (κ2) is 7.95. The van der Waals surface area contributed by atoms with Crippen LogP contribution in [0.5, 0.6) is 0 Å². The number of rotatable bonds is 5. The van der Waals surface area contributed by atoms with Crippen LogP contribution >= 0.6 is 0 Å². The van der Waals surface area contributed by atoms with Gasteiger partial charge >= 0.3 is 0 Å². The first-order valence-electron chi connectivity index (χ1n) is 9.85. The molecule has 0 fully saturated rings. The fourth-order valence-electron chi connectivity index (χ4n) is 3.52. The highest BCUT2D eigenvalue weighted by molar-refractivity contribution is 6.36. The van der Waals surface area contributed by atoms with E-state index < -0.39 is 0 Å². The maximum atomic E-state index is 13.4. The van der Waals surface area contributed by atoms with Crippen LogP contribution in [0.3, 0.4) is 0 Å². The number of carbonyl (C=O) groups excluding carboxylic acids is 2. The van der Waals surface area contributed by atoms with E-state index in [2.05, 4.69) is 10.3 Å². The summed E-state index contributed by atoms with van der Waals surface area (Å²) in [7, 11) is 0. The highest BCUT2D eigenvalue weighted by atomic mass is 16.2. The fourth-order valence-corrected chi connectivity index (χ4v) is 3.52. The Bertz CT molecular complexity index is 1170. The van der Waals surface area contributed by atoms with E-state index >= 15 is 0 Å². The van der Waals surface area contributed by atoms with Crippen molar-refractivity contribution in [1.82, 2.24) is 9.88 Å². The molecule has 0 unspecified atom stereocenters. The Morgan fingerprint density at radius 1 is 0.867 bits per heavy atom. The Kier molecular flexibility index (Phi) is 5.19. The van der Waals surface area contributed by atoms with Crippen molar-refractivity contribution in [2.24, 2.45) is 0 Å². The fraction of sp³-hybridized carbons (Fsp3) is 0.160. The second-order valence-corrected chi connectivity index (χ2v) is 7.55. The third-order valence-corrected chi connectivity index (χ3v) is 5.43. The molecule has 2 heterocycles. The molecule has 1 N–H and O–H groups in total. The van der Waals surface area contributed by atoms with Crippen LogP contribution in [0.1, 0.15) is 27.8 Å². The van der Waals surface area contributed by atoms with Gasteiger partial charge in [-0.1, -0.05) is 42.5 Å². The van der Waals surface area contributed by atoms with Crippen LogP contribution < -0.4 is 5.32 Å². The Balaban J connectivity index is 1.79. The molecule has 0 saturated heterocycles. The summed E-state index contributed by atoms with van der Waals surface area (Å²) < 4.78 is 0. The van der Waals surface area contributed by atoms with Gasteiger partial charge in [0, 0.05) is 18.1 Å². The lowest BCUT2D eigenvalue weighted by atomic mass is 9.99. The average Bonchev–Trinajstić information content (AvgIpc) is 2.97. The van der Waals surface area contributed by atoms with Crippen molar-refractivity contribution in [3.05, 3.63) is 101 Å². The number of benzene rings is 2. The summed E-state index contributed by atoms with van der Waals surface area (Å²) in [6, 6.07) is 17.2. The molecule has 1 aromatic heterocycles. The summed E-state index contributed by atoms with van der Waals surface area (Å²) in [5, 5.41) is 3.24. The minimum atomic E-state index is -0.333. The molecular formula is C25H23N3O2. The first kappa shape index (κ1) is 19.6. The first-order valence-corrected chi connectivity index (χ1v) is 9.85. The number of carbonyl (C=O) groups is 2. The smallest absolute Gasteiger partial charge is 0.278 e. The summed E-state index contributed by atoms with van der Waals surface area (Å²) in [4.78, 5) is 32.1. The van der Waals surface area contributed by atoms with Crippen molar-refractivity contribution in [3.8, 4) is 0 Å². The number of pyridine rings is 1. The van der Waals surface area contributed by atoms with E-state index in [1.807, 2.05) is 69.3 Å². The Morgan fingerprint density at radius 3 is 2.37 bits per heavy atom. The lowest BCUT2D eigenvalue weighted by molar-refractivity contribution is -0.137. The molecule has 1 aliphatic rings. The number of hydrogen-bond donors (Lipinski definition) is 1. The van der Waals surface area contributed by atoms with E-state index in [0.29, 0.717) is 11.3 Å². The maximum Gasteiger partial charge on any atom is 0.278 e. The van der Waals surface area contributed by atoms with Crippen LogP contribution in [-0.2, 0) is 16.1 Å². The zero-order valence-corrected chi connectivity index (χ0v) is 17.3. The van der Waals surface area contributed by atoms with Gasteiger partial charge in [0.15, 0.2) is 0 Å². The van der Waals surface area contributed by atoms with Gasteiger partial charge in [0.2, 0.25) is 0 Å². The number of hydrogen-bond acceptors (Lipinski definition) is 4. The monoisotopic (exact) mass is 397 g/mol. The molecule has 0 spiro atoms. The quantitative estimate of drug-likeness (QED) is 0.648. The molecule has 0 radical (unpaired) electrons. The summed E-state index contributed by atoms with van der Waals surface area (Å²) in [6.07, 6.45) is 3.34. The largest absolute Gasteiger partial charge is 0.350 e. The van der Waals surface area contributed by atoms with E-state index in [1.165, 1.54) is 4.90 Å². The molecule has 5 heteroatoms. The SMILES string of the molecule is Cc1ccc(C2=C(Nc3ccccc3C)C(=O)N(Cc3cccnc3)C2=O)cc1C. The highest BCUT2D eigenvalue weighted by Gasteiger charge is 2.39. The van der Waals surface area contributed by atoms with Crippen LogP contribution in [0.2, 0.25) is 0 Å². The predicted molar refractivity (Wildman–Crippen MR) is 117 cm³/mol. The number of anilines is 1. The summed E-state index contributed by atoms with van der Waals surface area (Å²) in [6.45, 7) is 6.17. The standard InChI is InChI=1S/C25H23N3O2/c1-16-10-11-20(13-18(16)3)22-23(27-21-9-5-4-7-17(21)2)25(30)28(24(22)29)15-19-8-6-12-26-14-19/h4-14,27H,15H2,1-3H3. The zero-order valence-electron chi connectivity index (χ0n) is 17.3. The second-order valence-electron chi connectivity index (χ2n) is 7.55. The minimum Gasteiger partial charge on any atom is -0.350 e. The van der Waals surface area contributed by atoms with Gasteiger partial charge in [0.25, 0.3) is 11.8 Å². The lowest BCUT2D eigenvalue weighted by Gasteiger charge is -2.15. The van der Waals surface area contributed by atoms with Crippen LogP contribution in [0.25, 0.3) is 5.57 Å². The molecule has 2 amide bonds. The maximum absolute atomic E-state index is 13.4. The molecule has 5 nitrogen and oxygen atoms in total. The predicted octanol–water partition coefficient (Wildman–Crippen LogP) is 4.40. The van der Waals surface area contributed by atoms with Gasteiger partial charge in [-0.3, -0.25) is 19.5 Å². The number of nitrogens with one attached hydrogen (secondary N) is 1. The van der Waals surface area contributed by atoms with Gasteiger partial charge < -0.3 is 5.32 Å². The highest BCUT2D eigenvalue weighted by Crippen LogP contribution is 2.32. The topological polar surface area (TPSA) is 62.3 Å². The van der Waals surface area contributed by atoms with Gasteiger partial charge in [-0.2, -0.15) is 0 Å². The van der Waals surface area contributed by atoms with Crippen molar-refractivity contribution in [2.45, 2.75) is 27.3 Å². The zero-order chi connectivity index (χ0) is 21.3. The van der Waals surface area contributed by atoms with Crippen LogP contribution in [0.4, 0.5) is 5.69 Å². The number of aromatic nitrogens is 1. The molecule has 150 valence electrons. The molecule has 4 rings (SSSR count). The molecule has 3 aromatic rings. The molecule has 0 aliphatic carbocycles. The Morgan fingerprint density at radius 2 is 1.67 bits per heavy atom. The molecular weight excluding hydrogens is 374 g/mol. The van der Waals surface area contributed by atoms with E-state index in [0.717, 1.165) is 33.5 Å². The van der Waals surface area contributed by atoms with Crippen molar-refractivity contribution in [2.75, 3.05) is 5.32 Å². The summed E-state index contributed by atoms with van der Waals surface area (Å²) in [5.74, 6) is -0.636. The number of aryl methyl sites for hydroxylation is 3. The summed E-state index contributed by atoms with van der Waals surface area (Å²) in [5.41, 5.74) is 6.25. The van der Waals surface area contributed by atoms with Crippen LogP contribution in [0, 0.1) is 20.8 Å². The molecule has 0 atom stereocenters. The van der Waals surface area contributed by atoms with Gasteiger partial charge in [-0.15, -0.1) is 0 Å². The number of nitrogens with zero attached hydrogens (tertiary/aromatic N) is 2. The molecule has 2 aromatic carbocycles. The molecule has 30 heavy (non-hydrogen) atoms. The Hall–Kier alpha value is -3.73. The Labute approximate surface area is 176 Å². The van der Waals surface area contributed by atoms with Gasteiger partial charge in [0.1, 0.15) is 5.70 Å². The molecule has 0 bridgehead atoms. The number of amides is 2. The van der Waals surface area contributed by atoms with Crippen molar-refractivity contribution in [1.29, 1.82) is 0 Å². The number of imide groups is 1. The van der Waals surface area contributed by atoms with Crippen molar-refractivity contribution < 1.29 is 9.59 Å². The third-order valence-electron chi connectivity index (χ3n) is 5.43. The molecule has 1 aliphatic heterocycles. The lowest BCUT2D eigenvalue weighted by Crippen LogP contribution is -2.32. The van der Waals surface area contributed by atoms with Crippen molar-refractivity contribution in [3.63, 3.8) is 0 Å². The van der Waals surface area contributed by atoms with Gasteiger partial charge in [-0.25, -0.2) is 0 Å². The minimum absolute atomic E-state index is 0.179. The van der Waals surface area contributed by atoms with Crippen LogP contribution in [0.15, 0.2) is 72.7 Å². The normalized spacial score (nSPS) is 13.9. The van der Waals surface area contributed by atoms with E-state index in [1.54, 1.807) is 18.5 Å². The van der Waals surface area contributed by atoms with Crippen LogP contribution in [-0.4, -0.2) is 21.7 Å². The first-order chi connectivity index (χ1) is 14.5. The number of para-hydroxylation sites is 1. The van der Waals surface area contributed by atoms with E-state index in [4.69, 9.17) is 0 Å². The van der Waals surface area contributed by atoms with E-state index in [9.17, 15) is 9.59 Å². The van der Waals surface area contributed by atoms with Crippen molar-refractivity contribution >= 4 is 23.1 Å². The third kappa shape index (κ3) is 3.62. The average molecular weight is 397 g/mol. The molecule has 0 saturated carbocycles. The van der Waals surface area contributed by atoms with E-state index in [-0.39, 0.29) is 18.4 Å². The van der Waals surface area contributed by atoms with Gasteiger partial charge in [-0.05, 0) is 60.7 Å². The summed E-state index contributed by atoms with van der Waals surface area (Å²) >= 11 is 0.